The van der Waals surface area contributed by atoms with Crippen LogP contribution in [-0.4, -0.2) is 32.8 Å². The lowest BCUT2D eigenvalue weighted by atomic mass is 10.2. The Morgan fingerprint density at radius 3 is 2.75 bits per heavy atom. The van der Waals surface area contributed by atoms with E-state index in [1.165, 1.54) is 0 Å². The zero-order chi connectivity index (χ0) is 14.8. The quantitative estimate of drug-likeness (QED) is 0.543. The summed E-state index contributed by atoms with van der Waals surface area (Å²) in [6, 6.07) is 5.02. The SMILES string of the molecule is COCCCOCCCC(=O)Nc1ccc(Cl)c(N)c1. The fourth-order valence-electron chi connectivity index (χ4n) is 1.59. The van der Waals surface area contributed by atoms with E-state index < -0.39 is 0 Å². The number of hydrogen-bond acceptors (Lipinski definition) is 4. The molecule has 0 fully saturated rings. The van der Waals surface area contributed by atoms with Crippen molar-refractivity contribution in [1.29, 1.82) is 0 Å². The van der Waals surface area contributed by atoms with Gasteiger partial charge in [-0.3, -0.25) is 4.79 Å². The Hall–Kier alpha value is -1.30. The van der Waals surface area contributed by atoms with Crippen molar-refractivity contribution in [3.05, 3.63) is 23.2 Å². The molecular weight excluding hydrogens is 280 g/mol. The molecule has 0 radical (unpaired) electrons. The lowest BCUT2D eigenvalue weighted by molar-refractivity contribution is -0.116. The van der Waals surface area contributed by atoms with Crippen LogP contribution in [-0.2, 0) is 14.3 Å². The maximum atomic E-state index is 11.7. The van der Waals surface area contributed by atoms with Crippen molar-refractivity contribution < 1.29 is 14.3 Å². The van der Waals surface area contributed by atoms with E-state index in [0.717, 1.165) is 6.42 Å². The second-order valence-electron chi connectivity index (χ2n) is 4.35. The Kier molecular flexibility index (Phi) is 8.02. The third kappa shape index (κ3) is 6.75. The number of halogens is 1. The molecule has 6 heteroatoms. The monoisotopic (exact) mass is 300 g/mol. The fourth-order valence-corrected chi connectivity index (χ4v) is 1.70. The van der Waals surface area contributed by atoms with Crippen LogP contribution in [0.2, 0.25) is 5.02 Å². The minimum Gasteiger partial charge on any atom is -0.397 e. The van der Waals surface area contributed by atoms with E-state index in [2.05, 4.69) is 5.32 Å². The molecule has 0 bridgehead atoms. The number of nitrogens with one attached hydrogen (secondary N) is 1. The topological polar surface area (TPSA) is 73.6 Å². The smallest absolute Gasteiger partial charge is 0.224 e. The summed E-state index contributed by atoms with van der Waals surface area (Å²) >= 11 is 5.81. The Labute approximate surface area is 124 Å². The van der Waals surface area contributed by atoms with Gasteiger partial charge >= 0.3 is 0 Å². The summed E-state index contributed by atoms with van der Waals surface area (Å²) in [6.45, 7) is 1.92. The van der Waals surface area contributed by atoms with Crippen LogP contribution in [0.15, 0.2) is 18.2 Å². The summed E-state index contributed by atoms with van der Waals surface area (Å²) in [7, 11) is 1.66. The molecule has 3 N–H and O–H groups in total. The van der Waals surface area contributed by atoms with Crippen molar-refractivity contribution in [2.45, 2.75) is 19.3 Å². The van der Waals surface area contributed by atoms with Crippen LogP contribution in [0, 0.1) is 0 Å². The second-order valence-corrected chi connectivity index (χ2v) is 4.75. The molecule has 112 valence electrons. The fraction of sp³-hybridized carbons (Fsp3) is 0.500. The van der Waals surface area contributed by atoms with Gasteiger partial charge in [-0.1, -0.05) is 11.6 Å². The molecule has 0 unspecified atom stereocenters. The van der Waals surface area contributed by atoms with Gasteiger partial charge in [-0.25, -0.2) is 0 Å². The first-order valence-corrected chi connectivity index (χ1v) is 6.93. The maximum absolute atomic E-state index is 11.7. The number of methoxy groups -OCH3 is 1. The average Bonchev–Trinajstić information content (AvgIpc) is 2.42. The Morgan fingerprint density at radius 1 is 1.30 bits per heavy atom. The van der Waals surface area contributed by atoms with Crippen LogP contribution in [0.1, 0.15) is 19.3 Å². The summed E-state index contributed by atoms with van der Waals surface area (Å²) < 4.78 is 10.3. The first-order valence-electron chi connectivity index (χ1n) is 6.55. The lowest BCUT2D eigenvalue weighted by Crippen LogP contribution is -2.12. The summed E-state index contributed by atoms with van der Waals surface area (Å²) in [5, 5.41) is 3.25. The van der Waals surface area contributed by atoms with Crippen LogP contribution in [0.5, 0.6) is 0 Å². The zero-order valence-corrected chi connectivity index (χ0v) is 12.4. The largest absolute Gasteiger partial charge is 0.397 e. The molecular formula is C14H21ClN2O3. The molecule has 0 heterocycles. The zero-order valence-electron chi connectivity index (χ0n) is 11.7. The highest BCUT2D eigenvalue weighted by Gasteiger charge is 2.04. The highest BCUT2D eigenvalue weighted by Crippen LogP contribution is 2.22. The number of ether oxygens (including phenoxy) is 2. The van der Waals surface area contributed by atoms with Crippen molar-refractivity contribution in [2.24, 2.45) is 0 Å². The van der Waals surface area contributed by atoms with E-state index in [1.807, 2.05) is 0 Å². The molecule has 0 saturated carbocycles. The molecule has 0 aliphatic heterocycles. The number of benzene rings is 1. The number of carbonyl (C=O) groups is 1. The molecule has 1 rings (SSSR count). The Bertz CT molecular complexity index is 427. The normalized spacial score (nSPS) is 10.5. The summed E-state index contributed by atoms with van der Waals surface area (Å²) in [5.74, 6) is -0.0628. The van der Waals surface area contributed by atoms with Crippen molar-refractivity contribution in [2.75, 3.05) is 38.0 Å². The van der Waals surface area contributed by atoms with Crippen LogP contribution in [0.25, 0.3) is 0 Å². The number of nitrogens with two attached hydrogens (primary N) is 1. The van der Waals surface area contributed by atoms with Crippen molar-refractivity contribution in [3.8, 4) is 0 Å². The minimum atomic E-state index is -0.0628. The first-order chi connectivity index (χ1) is 9.63. The van der Waals surface area contributed by atoms with Gasteiger partial charge in [0.05, 0.1) is 10.7 Å². The van der Waals surface area contributed by atoms with Crippen LogP contribution < -0.4 is 11.1 Å². The summed E-state index contributed by atoms with van der Waals surface area (Å²) in [4.78, 5) is 11.7. The molecule has 20 heavy (non-hydrogen) atoms. The molecule has 0 aromatic heterocycles. The van der Waals surface area contributed by atoms with Gasteiger partial charge in [0, 0.05) is 39.0 Å². The Balaban J connectivity index is 2.15. The molecule has 0 spiro atoms. The molecule has 1 aromatic rings. The predicted molar refractivity (Wildman–Crippen MR) is 81.0 cm³/mol. The van der Waals surface area contributed by atoms with E-state index in [1.54, 1.807) is 25.3 Å². The van der Waals surface area contributed by atoms with E-state index >= 15 is 0 Å². The minimum absolute atomic E-state index is 0.0628. The average molecular weight is 301 g/mol. The van der Waals surface area contributed by atoms with Crippen molar-refractivity contribution in [1.82, 2.24) is 0 Å². The highest BCUT2D eigenvalue weighted by atomic mass is 35.5. The number of rotatable bonds is 9. The summed E-state index contributed by atoms with van der Waals surface area (Å²) in [6.07, 6.45) is 1.96. The maximum Gasteiger partial charge on any atom is 0.224 e. The molecule has 0 aliphatic carbocycles. The second kappa shape index (κ2) is 9.58. The molecule has 5 nitrogen and oxygen atoms in total. The van der Waals surface area contributed by atoms with Crippen LogP contribution in [0.3, 0.4) is 0 Å². The van der Waals surface area contributed by atoms with Gasteiger partial charge in [0.2, 0.25) is 5.91 Å². The van der Waals surface area contributed by atoms with Crippen molar-refractivity contribution >= 4 is 28.9 Å². The number of nitrogen functional groups attached to an aromatic ring is 1. The number of amides is 1. The first kappa shape index (κ1) is 16.8. The Morgan fingerprint density at radius 2 is 2.05 bits per heavy atom. The molecule has 1 aromatic carbocycles. The number of hydrogen-bond donors (Lipinski definition) is 2. The number of carbonyl (C=O) groups excluding carboxylic acids is 1. The third-order valence-corrected chi connectivity index (χ3v) is 2.95. The van der Waals surface area contributed by atoms with E-state index in [-0.39, 0.29) is 5.91 Å². The highest BCUT2D eigenvalue weighted by molar-refractivity contribution is 6.33. The van der Waals surface area contributed by atoms with Crippen LogP contribution in [0.4, 0.5) is 11.4 Å². The van der Waals surface area contributed by atoms with Crippen LogP contribution >= 0.6 is 11.6 Å². The summed E-state index contributed by atoms with van der Waals surface area (Å²) in [5.41, 5.74) is 6.76. The van der Waals surface area contributed by atoms with Gasteiger partial charge in [0.1, 0.15) is 0 Å². The van der Waals surface area contributed by atoms with Crippen molar-refractivity contribution in [3.63, 3.8) is 0 Å². The number of anilines is 2. The van der Waals surface area contributed by atoms with Gasteiger partial charge in [-0.15, -0.1) is 0 Å². The molecule has 0 saturated heterocycles. The van der Waals surface area contributed by atoms with Gasteiger partial charge in [0.15, 0.2) is 0 Å². The third-order valence-electron chi connectivity index (χ3n) is 2.61. The van der Waals surface area contributed by atoms with Gasteiger partial charge < -0.3 is 20.5 Å². The van der Waals surface area contributed by atoms with E-state index in [9.17, 15) is 4.79 Å². The lowest BCUT2D eigenvalue weighted by Gasteiger charge is -2.07. The molecule has 1 amide bonds. The predicted octanol–water partition coefficient (Wildman–Crippen LogP) is 2.69. The molecule has 0 aliphatic rings. The van der Waals surface area contributed by atoms with E-state index in [0.29, 0.717) is 49.1 Å². The standard InChI is InChI=1S/C14H21ClN2O3/c1-19-7-3-9-20-8-2-4-14(18)17-11-5-6-12(15)13(16)10-11/h5-6,10H,2-4,7-9,16H2,1H3,(H,17,18). The van der Waals surface area contributed by atoms with Gasteiger partial charge in [-0.2, -0.15) is 0 Å². The van der Waals surface area contributed by atoms with Gasteiger partial charge in [0.25, 0.3) is 0 Å². The molecule has 0 atom stereocenters. The van der Waals surface area contributed by atoms with Gasteiger partial charge in [-0.05, 0) is 31.0 Å². The van der Waals surface area contributed by atoms with E-state index in [4.69, 9.17) is 26.8 Å².